The molecular formula is C12H14BrClO. The normalized spacial score (nSPS) is 18.6. The Bertz CT molecular complexity index is 349. The lowest BCUT2D eigenvalue weighted by molar-refractivity contribution is 0.118. The Balaban J connectivity index is 2.09. The molecule has 0 amide bonds. The van der Waals surface area contributed by atoms with Crippen LogP contribution >= 0.6 is 27.5 Å². The van der Waals surface area contributed by atoms with Crippen molar-refractivity contribution in [1.29, 1.82) is 0 Å². The van der Waals surface area contributed by atoms with Gasteiger partial charge >= 0.3 is 0 Å². The molecule has 15 heavy (non-hydrogen) atoms. The molecule has 1 unspecified atom stereocenters. The summed E-state index contributed by atoms with van der Waals surface area (Å²) in [5.74, 6) is 0.700. The minimum absolute atomic E-state index is 0.386. The van der Waals surface area contributed by atoms with Crippen LogP contribution < -0.4 is 0 Å². The van der Waals surface area contributed by atoms with Crippen LogP contribution in [0.5, 0.6) is 0 Å². The van der Waals surface area contributed by atoms with Gasteiger partial charge in [-0.15, -0.1) is 0 Å². The topological polar surface area (TPSA) is 20.2 Å². The van der Waals surface area contributed by atoms with Crippen molar-refractivity contribution in [3.05, 3.63) is 33.3 Å². The number of aliphatic hydroxyl groups is 1. The maximum Gasteiger partial charge on any atom is 0.0804 e. The van der Waals surface area contributed by atoms with Gasteiger partial charge in [-0.3, -0.25) is 0 Å². The standard InChI is InChI=1S/C12H14BrClO/c13-11-5-4-9(14)7-10(11)12(15)6-8-2-1-3-8/h4-5,7-8,12,15H,1-3,6H2. The first kappa shape index (κ1) is 11.4. The Kier molecular flexibility index (Phi) is 3.70. The quantitative estimate of drug-likeness (QED) is 0.878. The van der Waals surface area contributed by atoms with Gasteiger partial charge in [-0.1, -0.05) is 46.8 Å². The van der Waals surface area contributed by atoms with E-state index in [0.717, 1.165) is 16.5 Å². The molecule has 0 aromatic heterocycles. The minimum Gasteiger partial charge on any atom is -0.388 e. The van der Waals surface area contributed by atoms with Gasteiger partial charge in [-0.25, -0.2) is 0 Å². The summed E-state index contributed by atoms with van der Waals surface area (Å²) in [6, 6.07) is 5.56. The zero-order valence-electron chi connectivity index (χ0n) is 8.42. The van der Waals surface area contributed by atoms with Gasteiger partial charge in [0.2, 0.25) is 0 Å². The van der Waals surface area contributed by atoms with Crippen molar-refractivity contribution >= 4 is 27.5 Å². The fraction of sp³-hybridized carbons (Fsp3) is 0.500. The molecule has 1 atom stereocenters. The van der Waals surface area contributed by atoms with Gasteiger partial charge in [-0.05, 0) is 36.1 Å². The third-order valence-electron chi connectivity index (χ3n) is 3.10. The molecule has 82 valence electrons. The van der Waals surface area contributed by atoms with Gasteiger partial charge in [-0.2, -0.15) is 0 Å². The van der Waals surface area contributed by atoms with Crippen LogP contribution in [0.2, 0.25) is 5.02 Å². The molecule has 1 aliphatic rings. The molecule has 0 heterocycles. The second-order valence-electron chi connectivity index (χ2n) is 4.21. The predicted octanol–water partition coefficient (Wildman–Crippen LogP) is 4.33. The molecule has 1 fully saturated rings. The SMILES string of the molecule is OC(CC1CCC1)c1cc(Cl)ccc1Br. The van der Waals surface area contributed by atoms with E-state index in [1.807, 2.05) is 18.2 Å². The van der Waals surface area contributed by atoms with E-state index in [2.05, 4.69) is 15.9 Å². The van der Waals surface area contributed by atoms with E-state index in [-0.39, 0.29) is 6.10 Å². The van der Waals surface area contributed by atoms with Gasteiger partial charge in [0.05, 0.1) is 6.10 Å². The van der Waals surface area contributed by atoms with Crippen LogP contribution in [0.3, 0.4) is 0 Å². The van der Waals surface area contributed by atoms with E-state index in [9.17, 15) is 5.11 Å². The molecule has 1 aliphatic carbocycles. The van der Waals surface area contributed by atoms with Crippen LogP contribution in [-0.2, 0) is 0 Å². The van der Waals surface area contributed by atoms with E-state index in [4.69, 9.17) is 11.6 Å². The Hall–Kier alpha value is -0.0500. The van der Waals surface area contributed by atoms with E-state index in [1.54, 1.807) is 0 Å². The molecule has 1 N–H and O–H groups in total. The van der Waals surface area contributed by atoms with Crippen LogP contribution in [0.15, 0.2) is 22.7 Å². The fourth-order valence-corrected chi connectivity index (χ4v) is 2.63. The summed E-state index contributed by atoms with van der Waals surface area (Å²) in [7, 11) is 0. The average Bonchev–Trinajstić information content (AvgIpc) is 2.15. The van der Waals surface area contributed by atoms with Crippen LogP contribution in [0, 0.1) is 5.92 Å². The molecule has 0 bridgehead atoms. The summed E-state index contributed by atoms with van der Waals surface area (Å²) in [4.78, 5) is 0. The maximum atomic E-state index is 10.1. The number of hydrogen-bond acceptors (Lipinski definition) is 1. The van der Waals surface area contributed by atoms with Crippen molar-refractivity contribution in [2.24, 2.45) is 5.92 Å². The molecule has 1 nitrogen and oxygen atoms in total. The molecule has 0 aliphatic heterocycles. The van der Waals surface area contributed by atoms with Crippen LogP contribution in [0.25, 0.3) is 0 Å². The van der Waals surface area contributed by atoms with Crippen LogP contribution in [0.4, 0.5) is 0 Å². The Morgan fingerprint density at radius 2 is 2.20 bits per heavy atom. The number of benzene rings is 1. The molecule has 3 heteroatoms. The number of hydrogen-bond donors (Lipinski definition) is 1. The summed E-state index contributed by atoms with van der Waals surface area (Å²) in [5.41, 5.74) is 0.911. The molecular weight excluding hydrogens is 275 g/mol. The highest BCUT2D eigenvalue weighted by atomic mass is 79.9. The highest BCUT2D eigenvalue weighted by Gasteiger charge is 2.22. The summed E-state index contributed by atoms with van der Waals surface area (Å²) >= 11 is 9.36. The largest absolute Gasteiger partial charge is 0.388 e. The highest BCUT2D eigenvalue weighted by molar-refractivity contribution is 9.10. The Morgan fingerprint density at radius 1 is 1.47 bits per heavy atom. The summed E-state index contributed by atoms with van der Waals surface area (Å²) in [6.45, 7) is 0. The van der Waals surface area contributed by atoms with E-state index >= 15 is 0 Å². The van der Waals surface area contributed by atoms with Crippen molar-refractivity contribution in [3.8, 4) is 0 Å². The van der Waals surface area contributed by atoms with Gasteiger partial charge < -0.3 is 5.11 Å². The zero-order valence-corrected chi connectivity index (χ0v) is 10.8. The number of rotatable bonds is 3. The molecule has 1 saturated carbocycles. The number of aliphatic hydroxyl groups excluding tert-OH is 1. The minimum atomic E-state index is -0.386. The average molecular weight is 290 g/mol. The summed E-state index contributed by atoms with van der Waals surface area (Å²) < 4.78 is 0.943. The summed E-state index contributed by atoms with van der Waals surface area (Å²) in [5, 5.41) is 10.8. The second kappa shape index (κ2) is 4.86. The Labute approximate surface area is 104 Å². The third kappa shape index (κ3) is 2.74. The van der Waals surface area contributed by atoms with Gasteiger partial charge in [0.1, 0.15) is 0 Å². The molecule has 0 radical (unpaired) electrons. The highest BCUT2D eigenvalue weighted by Crippen LogP contribution is 2.37. The fourth-order valence-electron chi connectivity index (χ4n) is 1.94. The lowest BCUT2D eigenvalue weighted by Crippen LogP contribution is -2.15. The Morgan fingerprint density at radius 3 is 2.80 bits per heavy atom. The van der Waals surface area contributed by atoms with Crippen molar-refractivity contribution in [1.82, 2.24) is 0 Å². The first-order valence-corrected chi connectivity index (χ1v) is 6.47. The van der Waals surface area contributed by atoms with Gasteiger partial charge in [0.25, 0.3) is 0 Å². The lowest BCUT2D eigenvalue weighted by Gasteiger charge is -2.28. The predicted molar refractivity (Wildman–Crippen MR) is 66.1 cm³/mol. The smallest absolute Gasteiger partial charge is 0.0804 e. The zero-order chi connectivity index (χ0) is 10.8. The molecule has 0 spiro atoms. The molecule has 1 aromatic rings. The molecule has 0 saturated heterocycles. The third-order valence-corrected chi connectivity index (χ3v) is 4.06. The first-order chi connectivity index (χ1) is 7.16. The van der Waals surface area contributed by atoms with Crippen molar-refractivity contribution < 1.29 is 5.11 Å². The van der Waals surface area contributed by atoms with Crippen LogP contribution in [0.1, 0.15) is 37.4 Å². The van der Waals surface area contributed by atoms with Crippen LogP contribution in [-0.4, -0.2) is 5.11 Å². The number of halogens is 2. The molecule has 1 aromatic carbocycles. The molecule has 2 rings (SSSR count). The van der Waals surface area contributed by atoms with E-state index in [0.29, 0.717) is 10.9 Å². The maximum absolute atomic E-state index is 10.1. The van der Waals surface area contributed by atoms with Crippen molar-refractivity contribution in [2.75, 3.05) is 0 Å². The van der Waals surface area contributed by atoms with Gasteiger partial charge in [0, 0.05) is 9.50 Å². The first-order valence-electron chi connectivity index (χ1n) is 5.30. The van der Waals surface area contributed by atoms with Crippen molar-refractivity contribution in [3.63, 3.8) is 0 Å². The van der Waals surface area contributed by atoms with E-state index in [1.165, 1.54) is 19.3 Å². The van der Waals surface area contributed by atoms with Gasteiger partial charge in [0.15, 0.2) is 0 Å². The monoisotopic (exact) mass is 288 g/mol. The lowest BCUT2D eigenvalue weighted by atomic mass is 9.80. The van der Waals surface area contributed by atoms with E-state index < -0.39 is 0 Å². The second-order valence-corrected chi connectivity index (χ2v) is 5.51. The summed E-state index contributed by atoms with van der Waals surface area (Å²) in [6.07, 6.45) is 4.31. The van der Waals surface area contributed by atoms with Crippen molar-refractivity contribution in [2.45, 2.75) is 31.8 Å².